The number of allylic oxidation sites excluding steroid dienone is 1. The van der Waals surface area contributed by atoms with Gasteiger partial charge in [-0.15, -0.1) is 0 Å². The zero-order valence-electron chi connectivity index (χ0n) is 18.9. The van der Waals surface area contributed by atoms with Gasteiger partial charge in [0, 0.05) is 54.3 Å². The molecule has 4 N–H and O–H groups in total. The summed E-state index contributed by atoms with van der Waals surface area (Å²) in [6.45, 7) is 7.09. The first-order chi connectivity index (χ1) is 15.3. The number of nitrogens with two attached hydrogens (primary N) is 2. The molecule has 2 heterocycles. The van der Waals surface area contributed by atoms with Gasteiger partial charge < -0.3 is 20.9 Å². The molecule has 4 rings (SSSR count). The summed E-state index contributed by atoms with van der Waals surface area (Å²) >= 11 is 0. The first-order valence-corrected chi connectivity index (χ1v) is 11.3. The van der Waals surface area contributed by atoms with Crippen LogP contribution in [0.1, 0.15) is 32.8 Å². The Morgan fingerprint density at radius 1 is 1.34 bits per heavy atom. The molecule has 1 aliphatic heterocycles. The van der Waals surface area contributed by atoms with E-state index < -0.39 is 6.61 Å². The fraction of sp³-hybridized carbons (Fsp3) is 0.652. The van der Waals surface area contributed by atoms with Crippen molar-refractivity contribution in [3.05, 3.63) is 23.9 Å². The van der Waals surface area contributed by atoms with Gasteiger partial charge >= 0.3 is 6.61 Å². The molecule has 2 saturated carbocycles. The van der Waals surface area contributed by atoms with Gasteiger partial charge in [-0.3, -0.25) is 9.89 Å². The van der Waals surface area contributed by atoms with E-state index in [0.717, 1.165) is 38.4 Å². The number of alkyl halides is 2. The number of morpholine rings is 1. The van der Waals surface area contributed by atoms with Crippen molar-refractivity contribution in [2.75, 3.05) is 32.0 Å². The molecule has 3 fully saturated rings. The molecule has 176 valence electrons. The third-order valence-corrected chi connectivity index (χ3v) is 6.96. The minimum Gasteiger partial charge on any atom is -0.431 e. The van der Waals surface area contributed by atoms with Crippen LogP contribution in [0, 0.1) is 23.7 Å². The fourth-order valence-corrected chi connectivity index (χ4v) is 5.54. The lowest BCUT2D eigenvalue weighted by Crippen LogP contribution is -2.46. The number of pyridine rings is 1. The Morgan fingerprint density at radius 3 is 2.66 bits per heavy atom. The number of anilines is 1. The minimum atomic E-state index is -2.98. The number of ether oxygens (including phenoxy) is 2. The highest BCUT2D eigenvalue weighted by atomic mass is 19.3. The van der Waals surface area contributed by atoms with Crippen LogP contribution in [0.2, 0.25) is 0 Å². The zero-order valence-corrected chi connectivity index (χ0v) is 18.9. The second-order valence-electron chi connectivity index (χ2n) is 9.31. The zero-order chi connectivity index (χ0) is 23.0. The first-order valence-electron chi connectivity index (χ1n) is 11.3. The number of aromatic nitrogens is 1. The average molecular weight is 450 g/mol. The Labute approximate surface area is 187 Å². The SMILES string of the molecule is CC(C)N=C(C=C(N)c1cnc(N)c(OC(F)F)c1)[C@H]1[C@@H]2C[C@H](N3CCOCC3)C(C)[C@@H]21. The van der Waals surface area contributed by atoms with Crippen LogP contribution in [-0.4, -0.2) is 60.6 Å². The highest BCUT2D eigenvalue weighted by Crippen LogP contribution is 2.62. The Kier molecular flexibility index (Phi) is 6.67. The van der Waals surface area contributed by atoms with E-state index in [0.29, 0.717) is 41.0 Å². The summed E-state index contributed by atoms with van der Waals surface area (Å²) in [4.78, 5) is 11.4. The van der Waals surface area contributed by atoms with Crippen LogP contribution in [0.15, 0.2) is 23.3 Å². The third-order valence-electron chi connectivity index (χ3n) is 6.96. The van der Waals surface area contributed by atoms with Gasteiger partial charge in [-0.2, -0.15) is 8.78 Å². The highest BCUT2D eigenvalue weighted by molar-refractivity contribution is 6.04. The van der Waals surface area contributed by atoms with E-state index in [1.54, 1.807) is 0 Å². The minimum absolute atomic E-state index is 0.0994. The van der Waals surface area contributed by atoms with Crippen molar-refractivity contribution in [1.82, 2.24) is 9.88 Å². The molecule has 1 aromatic heterocycles. The molecule has 5 atom stereocenters. The molecule has 9 heteroatoms. The summed E-state index contributed by atoms with van der Waals surface area (Å²) in [6.07, 6.45) is 4.51. The van der Waals surface area contributed by atoms with Gasteiger partial charge in [0.1, 0.15) is 0 Å². The fourth-order valence-electron chi connectivity index (χ4n) is 5.54. The Hall–Kier alpha value is -2.26. The normalized spacial score (nSPS) is 31.3. The van der Waals surface area contributed by atoms with E-state index in [1.165, 1.54) is 12.3 Å². The van der Waals surface area contributed by atoms with Crippen LogP contribution in [0.25, 0.3) is 5.70 Å². The number of aliphatic imine (C=N–C) groups is 1. The van der Waals surface area contributed by atoms with E-state index in [1.807, 2.05) is 19.9 Å². The lowest BCUT2D eigenvalue weighted by molar-refractivity contribution is -0.0495. The number of hydrogen-bond acceptors (Lipinski definition) is 7. The number of rotatable bonds is 7. The summed E-state index contributed by atoms with van der Waals surface area (Å²) in [5.41, 5.74) is 13.9. The molecular weight excluding hydrogens is 416 g/mol. The predicted octanol–water partition coefficient (Wildman–Crippen LogP) is 3.02. The van der Waals surface area contributed by atoms with Gasteiger partial charge in [-0.1, -0.05) is 6.92 Å². The van der Waals surface area contributed by atoms with Crippen LogP contribution in [0.4, 0.5) is 14.6 Å². The van der Waals surface area contributed by atoms with Gasteiger partial charge in [-0.25, -0.2) is 4.98 Å². The van der Waals surface area contributed by atoms with E-state index in [9.17, 15) is 8.78 Å². The number of hydrogen-bond donors (Lipinski definition) is 2. The smallest absolute Gasteiger partial charge is 0.387 e. The lowest BCUT2D eigenvalue weighted by atomic mass is 9.92. The van der Waals surface area contributed by atoms with E-state index >= 15 is 0 Å². The summed E-state index contributed by atoms with van der Waals surface area (Å²) < 4.78 is 35.3. The van der Waals surface area contributed by atoms with Crippen molar-refractivity contribution >= 4 is 17.2 Å². The molecule has 2 aliphatic carbocycles. The molecule has 7 nitrogen and oxygen atoms in total. The maximum absolute atomic E-state index is 12.7. The van der Waals surface area contributed by atoms with Gasteiger partial charge in [-0.05, 0) is 50.2 Å². The van der Waals surface area contributed by atoms with Crippen molar-refractivity contribution in [2.45, 2.75) is 45.9 Å². The molecule has 0 bridgehead atoms. The first kappa shape index (κ1) is 22.9. The molecule has 1 aromatic rings. The largest absolute Gasteiger partial charge is 0.431 e. The van der Waals surface area contributed by atoms with Crippen molar-refractivity contribution in [3.8, 4) is 5.75 Å². The molecule has 1 unspecified atom stereocenters. The Bertz CT molecular complexity index is 885. The molecule has 0 aromatic carbocycles. The molecule has 0 spiro atoms. The molecule has 32 heavy (non-hydrogen) atoms. The monoisotopic (exact) mass is 449 g/mol. The average Bonchev–Trinajstić information content (AvgIpc) is 3.36. The van der Waals surface area contributed by atoms with E-state index in [2.05, 4.69) is 21.5 Å². The van der Waals surface area contributed by atoms with Gasteiger partial charge in [0.25, 0.3) is 0 Å². The van der Waals surface area contributed by atoms with E-state index in [-0.39, 0.29) is 17.6 Å². The summed E-state index contributed by atoms with van der Waals surface area (Å²) in [5.74, 6) is 1.87. The van der Waals surface area contributed by atoms with Crippen LogP contribution >= 0.6 is 0 Å². The maximum Gasteiger partial charge on any atom is 0.387 e. The van der Waals surface area contributed by atoms with Crippen LogP contribution in [0.5, 0.6) is 5.75 Å². The second kappa shape index (κ2) is 9.31. The Balaban J connectivity index is 1.52. The summed E-state index contributed by atoms with van der Waals surface area (Å²) in [6, 6.07) is 2.13. The van der Waals surface area contributed by atoms with Crippen LogP contribution in [0.3, 0.4) is 0 Å². The number of nitrogens with zero attached hydrogens (tertiary/aromatic N) is 3. The van der Waals surface area contributed by atoms with Gasteiger partial charge in [0.05, 0.1) is 13.2 Å². The molecule has 0 radical (unpaired) electrons. The van der Waals surface area contributed by atoms with Gasteiger partial charge in [0.2, 0.25) is 0 Å². The standard InChI is InChI=1S/C23H33F2N5O2/c1-12(2)29-17(10-16(26)14-8-19(32-23(24)25)22(27)28-11-14)21-15-9-18(13(3)20(15)21)30-4-6-31-7-5-30/h8,10-13,15,18,20-21,23H,4-7,9,26H2,1-3H3,(H2,27,28)/t13?,15-,18+,20+,21-/m1/s1. The summed E-state index contributed by atoms with van der Waals surface area (Å²) in [7, 11) is 0. The third kappa shape index (κ3) is 4.73. The van der Waals surface area contributed by atoms with Crippen LogP contribution in [-0.2, 0) is 4.74 Å². The van der Waals surface area contributed by atoms with Crippen molar-refractivity contribution < 1.29 is 18.3 Å². The topological polar surface area (TPSA) is 99.0 Å². The van der Waals surface area contributed by atoms with Crippen molar-refractivity contribution in [1.29, 1.82) is 0 Å². The van der Waals surface area contributed by atoms with Crippen molar-refractivity contribution in [2.24, 2.45) is 34.4 Å². The van der Waals surface area contributed by atoms with Crippen molar-refractivity contribution in [3.63, 3.8) is 0 Å². The number of halogens is 2. The quantitative estimate of drug-likeness (QED) is 0.621. The predicted molar refractivity (Wildman–Crippen MR) is 120 cm³/mol. The number of nitrogen functional groups attached to an aromatic ring is 1. The van der Waals surface area contributed by atoms with E-state index in [4.69, 9.17) is 21.2 Å². The number of fused-ring (bicyclic) bond motifs is 1. The second-order valence-corrected chi connectivity index (χ2v) is 9.31. The maximum atomic E-state index is 12.7. The molecular formula is C23H33F2N5O2. The van der Waals surface area contributed by atoms with Gasteiger partial charge in [0.15, 0.2) is 11.6 Å². The molecule has 1 saturated heterocycles. The highest BCUT2D eigenvalue weighted by Gasteiger charge is 2.62. The van der Waals surface area contributed by atoms with Crippen LogP contribution < -0.4 is 16.2 Å². The molecule has 3 aliphatic rings. The summed E-state index contributed by atoms with van der Waals surface area (Å²) in [5, 5.41) is 0. The molecule has 0 amide bonds. The lowest BCUT2D eigenvalue weighted by Gasteiger charge is -2.36. The Morgan fingerprint density at radius 2 is 2.06 bits per heavy atom.